The lowest BCUT2D eigenvalue weighted by molar-refractivity contribution is 0.0233. The first-order valence-electron chi connectivity index (χ1n) is 8.06. The molecule has 2 rings (SSSR count). The fourth-order valence-corrected chi connectivity index (χ4v) is 2.00. The van der Waals surface area contributed by atoms with E-state index in [9.17, 15) is 4.79 Å². The molecule has 0 bridgehead atoms. The van der Waals surface area contributed by atoms with Gasteiger partial charge in [-0.2, -0.15) is 0 Å². The SMILES string of the molecule is COc1ccc(C(=O)NOCc2ccccc2C#CC(C)(C)C)cc1. The molecule has 0 fully saturated rings. The largest absolute Gasteiger partial charge is 0.497 e. The Balaban J connectivity index is 1.97. The van der Waals surface area contributed by atoms with Crippen molar-refractivity contribution >= 4 is 5.91 Å². The Kier molecular flexibility index (Phi) is 6.21. The highest BCUT2D eigenvalue weighted by molar-refractivity contribution is 5.93. The number of nitrogens with one attached hydrogen (secondary N) is 1. The van der Waals surface area contributed by atoms with E-state index in [-0.39, 0.29) is 17.9 Å². The highest BCUT2D eigenvalue weighted by Gasteiger charge is 2.07. The predicted molar refractivity (Wildman–Crippen MR) is 98.0 cm³/mol. The minimum Gasteiger partial charge on any atom is -0.497 e. The fourth-order valence-electron chi connectivity index (χ4n) is 2.00. The topological polar surface area (TPSA) is 47.6 Å². The second-order valence-electron chi connectivity index (χ2n) is 6.61. The van der Waals surface area contributed by atoms with E-state index in [1.165, 1.54) is 0 Å². The highest BCUT2D eigenvalue weighted by Crippen LogP contribution is 2.14. The zero-order valence-electron chi connectivity index (χ0n) is 15.1. The van der Waals surface area contributed by atoms with Crippen LogP contribution in [0.4, 0.5) is 0 Å². The molecule has 0 unspecified atom stereocenters. The van der Waals surface area contributed by atoms with Crippen LogP contribution in [-0.4, -0.2) is 13.0 Å². The first-order valence-corrected chi connectivity index (χ1v) is 8.06. The van der Waals surface area contributed by atoms with Gasteiger partial charge in [-0.25, -0.2) is 5.48 Å². The van der Waals surface area contributed by atoms with Gasteiger partial charge in [0.2, 0.25) is 0 Å². The standard InChI is InChI=1S/C21H23NO3/c1-21(2,3)14-13-16-7-5-6-8-18(16)15-25-22-20(23)17-9-11-19(24-4)12-10-17/h5-12H,15H2,1-4H3,(H,22,23). The average molecular weight is 337 g/mol. The fraction of sp³-hybridized carbons (Fsp3) is 0.286. The quantitative estimate of drug-likeness (QED) is 0.664. The summed E-state index contributed by atoms with van der Waals surface area (Å²) in [6, 6.07) is 14.6. The molecule has 25 heavy (non-hydrogen) atoms. The van der Waals surface area contributed by atoms with E-state index in [2.05, 4.69) is 38.1 Å². The first kappa shape index (κ1) is 18.6. The van der Waals surface area contributed by atoms with E-state index >= 15 is 0 Å². The van der Waals surface area contributed by atoms with Gasteiger partial charge in [-0.05, 0) is 56.7 Å². The normalized spacial score (nSPS) is 10.6. The van der Waals surface area contributed by atoms with Gasteiger partial charge < -0.3 is 4.74 Å². The molecule has 0 saturated carbocycles. The minimum atomic E-state index is -0.305. The third kappa shape index (κ3) is 5.98. The third-order valence-electron chi connectivity index (χ3n) is 3.33. The maximum Gasteiger partial charge on any atom is 0.274 e. The number of carbonyl (C=O) groups excluding carboxylic acids is 1. The van der Waals surface area contributed by atoms with Crippen LogP contribution in [0.2, 0.25) is 0 Å². The number of ether oxygens (including phenoxy) is 1. The van der Waals surface area contributed by atoms with Crippen LogP contribution in [0.15, 0.2) is 48.5 Å². The molecule has 2 aromatic rings. The molecule has 0 aromatic heterocycles. The predicted octanol–water partition coefficient (Wildman–Crippen LogP) is 3.95. The number of hydrogen-bond donors (Lipinski definition) is 1. The summed E-state index contributed by atoms with van der Waals surface area (Å²) in [6.07, 6.45) is 0. The molecule has 4 nitrogen and oxygen atoms in total. The van der Waals surface area contributed by atoms with Crippen molar-refractivity contribution in [2.75, 3.05) is 7.11 Å². The summed E-state index contributed by atoms with van der Waals surface area (Å²) >= 11 is 0. The molecule has 0 heterocycles. The first-order chi connectivity index (χ1) is 11.9. The Morgan fingerprint density at radius 1 is 1.08 bits per heavy atom. The molecular formula is C21H23NO3. The summed E-state index contributed by atoms with van der Waals surface area (Å²) in [5.74, 6) is 6.78. The molecule has 130 valence electrons. The van der Waals surface area contributed by atoms with Gasteiger partial charge in [0.1, 0.15) is 12.4 Å². The van der Waals surface area contributed by atoms with Gasteiger partial charge in [-0.3, -0.25) is 9.63 Å². The van der Waals surface area contributed by atoms with Crippen molar-refractivity contribution in [2.24, 2.45) is 5.41 Å². The van der Waals surface area contributed by atoms with E-state index in [1.807, 2.05) is 24.3 Å². The summed E-state index contributed by atoms with van der Waals surface area (Å²) in [7, 11) is 1.58. The maximum absolute atomic E-state index is 12.1. The molecule has 4 heteroatoms. The Labute approximate surface area is 149 Å². The summed E-state index contributed by atoms with van der Waals surface area (Å²) < 4.78 is 5.07. The molecule has 2 aromatic carbocycles. The molecule has 1 N–H and O–H groups in total. The van der Waals surface area contributed by atoms with Crippen LogP contribution in [0.25, 0.3) is 0 Å². The van der Waals surface area contributed by atoms with Gasteiger partial charge in [0.15, 0.2) is 0 Å². The van der Waals surface area contributed by atoms with Crippen molar-refractivity contribution in [1.82, 2.24) is 5.48 Å². The van der Waals surface area contributed by atoms with Gasteiger partial charge in [-0.15, -0.1) is 0 Å². The Morgan fingerprint density at radius 2 is 1.76 bits per heavy atom. The van der Waals surface area contributed by atoms with Crippen molar-refractivity contribution in [3.63, 3.8) is 0 Å². The smallest absolute Gasteiger partial charge is 0.274 e. The Bertz CT molecular complexity index is 777. The van der Waals surface area contributed by atoms with Crippen LogP contribution in [0.5, 0.6) is 5.75 Å². The average Bonchev–Trinajstić information content (AvgIpc) is 2.60. The second kappa shape index (κ2) is 8.36. The maximum atomic E-state index is 12.1. The van der Waals surface area contributed by atoms with Gasteiger partial charge in [0, 0.05) is 16.5 Å². The van der Waals surface area contributed by atoms with E-state index in [1.54, 1.807) is 31.4 Å². The van der Waals surface area contributed by atoms with E-state index in [0.717, 1.165) is 11.1 Å². The number of hydrogen-bond acceptors (Lipinski definition) is 3. The lowest BCUT2D eigenvalue weighted by Gasteiger charge is -2.09. The summed E-state index contributed by atoms with van der Waals surface area (Å²) in [6.45, 7) is 6.44. The van der Waals surface area contributed by atoms with Crippen molar-refractivity contribution in [3.8, 4) is 17.6 Å². The number of amides is 1. The number of rotatable bonds is 5. The summed E-state index contributed by atoms with van der Waals surface area (Å²) in [5, 5.41) is 0. The van der Waals surface area contributed by atoms with Crippen LogP contribution in [0.1, 0.15) is 42.3 Å². The van der Waals surface area contributed by atoms with Crippen LogP contribution in [0, 0.1) is 17.3 Å². The van der Waals surface area contributed by atoms with Crippen molar-refractivity contribution in [1.29, 1.82) is 0 Å². The van der Waals surface area contributed by atoms with Crippen LogP contribution < -0.4 is 10.2 Å². The molecule has 0 saturated heterocycles. The third-order valence-corrected chi connectivity index (χ3v) is 3.33. The van der Waals surface area contributed by atoms with Crippen LogP contribution in [0.3, 0.4) is 0 Å². The minimum absolute atomic E-state index is 0.0729. The van der Waals surface area contributed by atoms with E-state index in [4.69, 9.17) is 9.57 Å². The molecule has 0 aliphatic carbocycles. The zero-order valence-corrected chi connectivity index (χ0v) is 15.1. The van der Waals surface area contributed by atoms with E-state index < -0.39 is 0 Å². The zero-order chi connectivity index (χ0) is 18.3. The van der Waals surface area contributed by atoms with Gasteiger partial charge >= 0.3 is 0 Å². The number of methoxy groups -OCH3 is 1. The van der Waals surface area contributed by atoms with Gasteiger partial charge in [-0.1, -0.05) is 30.0 Å². The molecule has 0 radical (unpaired) electrons. The molecule has 0 spiro atoms. The number of hydroxylamine groups is 1. The van der Waals surface area contributed by atoms with Gasteiger partial charge in [0.25, 0.3) is 5.91 Å². The van der Waals surface area contributed by atoms with Crippen molar-refractivity contribution < 1.29 is 14.4 Å². The van der Waals surface area contributed by atoms with Gasteiger partial charge in [0.05, 0.1) is 7.11 Å². The van der Waals surface area contributed by atoms with Crippen LogP contribution >= 0.6 is 0 Å². The molecule has 0 aliphatic rings. The van der Waals surface area contributed by atoms with Crippen LogP contribution in [-0.2, 0) is 11.4 Å². The number of benzene rings is 2. The lowest BCUT2D eigenvalue weighted by atomic mass is 9.97. The van der Waals surface area contributed by atoms with Crippen molar-refractivity contribution in [2.45, 2.75) is 27.4 Å². The second-order valence-corrected chi connectivity index (χ2v) is 6.61. The van der Waals surface area contributed by atoms with E-state index in [0.29, 0.717) is 11.3 Å². The summed E-state index contributed by atoms with van der Waals surface area (Å²) in [4.78, 5) is 17.4. The molecule has 1 amide bonds. The Morgan fingerprint density at radius 3 is 2.40 bits per heavy atom. The monoisotopic (exact) mass is 337 g/mol. The highest BCUT2D eigenvalue weighted by atomic mass is 16.6. The van der Waals surface area contributed by atoms with Crippen molar-refractivity contribution in [3.05, 3.63) is 65.2 Å². The molecule has 0 atom stereocenters. The summed E-state index contributed by atoms with van der Waals surface area (Å²) in [5.41, 5.74) is 4.71. The Hall–Kier alpha value is -2.77. The number of carbonyl (C=O) groups is 1. The molecule has 0 aliphatic heterocycles. The lowest BCUT2D eigenvalue weighted by Crippen LogP contribution is -2.23. The molecular weight excluding hydrogens is 314 g/mol.